The standard InChI is InChI=1S/C15H27N3O2/c1-12-6-7-13(20-12)11-18(9-8-17(4)5)14(19)10-15(2,3)16/h6-7H,8-11,16H2,1-5H3. The van der Waals surface area contributed by atoms with Crippen molar-refractivity contribution in [1.29, 1.82) is 0 Å². The average Bonchev–Trinajstić information content (AvgIpc) is 2.67. The van der Waals surface area contributed by atoms with E-state index in [0.29, 0.717) is 19.5 Å². The molecule has 0 saturated heterocycles. The van der Waals surface area contributed by atoms with E-state index in [4.69, 9.17) is 10.2 Å². The number of rotatable bonds is 7. The van der Waals surface area contributed by atoms with E-state index >= 15 is 0 Å². The molecule has 1 aromatic rings. The van der Waals surface area contributed by atoms with E-state index in [-0.39, 0.29) is 5.91 Å². The van der Waals surface area contributed by atoms with Crippen LogP contribution < -0.4 is 5.73 Å². The van der Waals surface area contributed by atoms with Gasteiger partial charge in [-0.1, -0.05) is 0 Å². The highest BCUT2D eigenvalue weighted by molar-refractivity contribution is 5.77. The van der Waals surface area contributed by atoms with E-state index < -0.39 is 5.54 Å². The fourth-order valence-corrected chi connectivity index (χ4v) is 1.87. The number of hydrogen-bond donors (Lipinski definition) is 1. The number of furan rings is 1. The molecule has 1 rings (SSSR count). The molecule has 114 valence electrons. The Labute approximate surface area is 121 Å². The molecule has 2 N–H and O–H groups in total. The lowest BCUT2D eigenvalue weighted by Crippen LogP contribution is -2.42. The largest absolute Gasteiger partial charge is 0.464 e. The summed E-state index contributed by atoms with van der Waals surface area (Å²) in [6.07, 6.45) is 0.333. The van der Waals surface area contributed by atoms with E-state index in [1.807, 2.05) is 51.9 Å². The maximum atomic E-state index is 12.4. The molecule has 5 heteroatoms. The molecule has 0 aliphatic rings. The Morgan fingerprint density at radius 1 is 1.30 bits per heavy atom. The number of amides is 1. The molecule has 1 amide bonds. The highest BCUT2D eigenvalue weighted by Gasteiger charge is 2.22. The van der Waals surface area contributed by atoms with E-state index in [9.17, 15) is 4.79 Å². The molecule has 20 heavy (non-hydrogen) atoms. The van der Waals surface area contributed by atoms with Crippen LogP contribution in [0.2, 0.25) is 0 Å². The van der Waals surface area contributed by atoms with Crippen LogP contribution in [0.3, 0.4) is 0 Å². The summed E-state index contributed by atoms with van der Waals surface area (Å²) in [6, 6.07) is 3.83. The quantitative estimate of drug-likeness (QED) is 0.824. The number of likely N-dealkylation sites (N-methyl/N-ethyl adjacent to an activating group) is 1. The molecule has 1 heterocycles. The number of nitrogens with zero attached hydrogens (tertiary/aromatic N) is 2. The summed E-state index contributed by atoms with van der Waals surface area (Å²) in [5, 5.41) is 0. The maximum Gasteiger partial charge on any atom is 0.224 e. The summed E-state index contributed by atoms with van der Waals surface area (Å²) in [5.41, 5.74) is 5.45. The zero-order valence-corrected chi connectivity index (χ0v) is 13.3. The minimum atomic E-state index is -0.494. The molecule has 0 unspecified atom stereocenters. The van der Waals surface area contributed by atoms with Crippen molar-refractivity contribution in [3.63, 3.8) is 0 Å². The Morgan fingerprint density at radius 2 is 1.95 bits per heavy atom. The Kier molecular flexibility index (Phi) is 5.77. The lowest BCUT2D eigenvalue weighted by molar-refractivity contribution is -0.133. The van der Waals surface area contributed by atoms with Crippen LogP contribution in [0.5, 0.6) is 0 Å². The van der Waals surface area contributed by atoms with Gasteiger partial charge < -0.3 is 20.0 Å². The van der Waals surface area contributed by atoms with Gasteiger partial charge in [0.25, 0.3) is 0 Å². The van der Waals surface area contributed by atoms with Crippen LogP contribution >= 0.6 is 0 Å². The normalized spacial score (nSPS) is 11.9. The predicted octanol–water partition coefficient (Wildman–Crippen LogP) is 1.61. The van der Waals surface area contributed by atoms with Crippen molar-refractivity contribution in [1.82, 2.24) is 9.80 Å². The van der Waals surface area contributed by atoms with E-state index in [1.165, 1.54) is 0 Å². The maximum absolute atomic E-state index is 12.4. The van der Waals surface area contributed by atoms with Gasteiger partial charge in [0, 0.05) is 25.0 Å². The monoisotopic (exact) mass is 281 g/mol. The van der Waals surface area contributed by atoms with Crippen molar-refractivity contribution in [2.24, 2.45) is 5.73 Å². The molecule has 5 nitrogen and oxygen atoms in total. The summed E-state index contributed by atoms with van der Waals surface area (Å²) < 4.78 is 5.56. The lowest BCUT2D eigenvalue weighted by Gasteiger charge is -2.27. The lowest BCUT2D eigenvalue weighted by atomic mass is 10.0. The molecule has 0 aliphatic heterocycles. The van der Waals surface area contributed by atoms with Gasteiger partial charge in [-0.3, -0.25) is 4.79 Å². The SMILES string of the molecule is Cc1ccc(CN(CCN(C)C)C(=O)CC(C)(C)N)o1. The Bertz CT molecular complexity index is 433. The molecule has 0 saturated carbocycles. The van der Waals surface area contributed by atoms with Crippen molar-refractivity contribution in [2.45, 2.75) is 39.3 Å². The summed E-state index contributed by atoms with van der Waals surface area (Å²) in [7, 11) is 3.99. The van der Waals surface area contributed by atoms with Gasteiger partial charge in [0.15, 0.2) is 0 Å². The minimum Gasteiger partial charge on any atom is -0.464 e. The van der Waals surface area contributed by atoms with Gasteiger partial charge in [-0.05, 0) is 47.0 Å². The van der Waals surface area contributed by atoms with Crippen molar-refractivity contribution in [3.05, 3.63) is 23.7 Å². The summed E-state index contributed by atoms with van der Waals surface area (Å²) in [5.74, 6) is 1.73. The molecule has 0 aliphatic carbocycles. The summed E-state index contributed by atoms with van der Waals surface area (Å²) in [4.78, 5) is 16.2. The zero-order valence-electron chi connectivity index (χ0n) is 13.3. The van der Waals surface area contributed by atoms with E-state index in [0.717, 1.165) is 18.1 Å². The third-order valence-electron chi connectivity index (χ3n) is 2.92. The third kappa shape index (κ3) is 6.21. The van der Waals surface area contributed by atoms with Gasteiger partial charge in [-0.2, -0.15) is 0 Å². The molecule has 0 radical (unpaired) electrons. The molecule has 1 aromatic heterocycles. The number of carbonyl (C=O) groups is 1. The first kappa shape index (κ1) is 16.7. The van der Waals surface area contributed by atoms with E-state index in [1.54, 1.807) is 0 Å². The first-order valence-corrected chi connectivity index (χ1v) is 6.94. The van der Waals surface area contributed by atoms with Crippen molar-refractivity contribution >= 4 is 5.91 Å². The van der Waals surface area contributed by atoms with E-state index in [2.05, 4.69) is 4.90 Å². The number of hydrogen-bond acceptors (Lipinski definition) is 4. The van der Waals surface area contributed by atoms with Crippen LogP contribution in [0.4, 0.5) is 0 Å². The first-order valence-electron chi connectivity index (χ1n) is 6.94. The van der Waals surface area contributed by atoms with Crippen LogP contribution in [0, 0.1) is 6.92 Å². The van der Waals surface area contributed by atoms with Crippen LogP contribution in [-0.2, 0) is 11.3 Å². The highest BCUT2D eigenvalue weighted by atomic mass is 16.3. The van der Waals surface area contributed by atoms with Gasteiger partial charge >= 0.3 is 0 Å². The molecular formula is C15H27N3O2. The van der Waals surface area contributed by atoms with Gasteiger partial charge in [0.1, 0.15) is 11.5 Å². The Morgan fingerprint density at radius 3 is 2.40 bits per heavy atom. The molecule has 0 aromatic carbocycles. The topological polar surface area (TPSA) is 62.7 Å². The zero-order chi connectivity index (χ0) is 15.3. The van der Waals surface area contributed by atoms with Crippen LogP contribution in [0.1, 0.15) is 31.8 Å². The molecule has 0 bridgehead atoms. The number of carbonyl (C=O) groups excluding carboxylic acids is 1. The van der Waals surface area contributed by atoms with Crippen LogP contribution in [0.25, 0.3) is 0 Å². The van der Waals surface area contributed by atoms with Gasteiger partial charge in [-0.15, -0.1) is 0 Å². The molecule has 0 fully saturated rings. The molecule has 0 spiro atoms. The fraction of sp³-hybridized carbons (Fsp3) is 0.667. The first-order chi connectivity index (χ1) is 9.17. The average molecular weight is 281 g/mol. The van der Waals surface area contributed by atoms with Crippen molar-refractivity contribution < 1.29 is 9.21 Å². The van der Waals surface area contributed by atoms with Gasteiger partial charge in [-0.25, -0.2) is 0 Å². The second-order valence-electron chi connectivity index (χ2n) is 6.30. The number of nitrogens with two attached hydrogens (primary N) is 1. The van der Waals surface area contributed by atoms with Gasteiger partial charge in [0.2, 0.25) is 5.91 Å². The highest BCUT2D eigenvalue weighted by Crippen LogP contribution is 2.13. The minimum absolute atomic E-state index is 0.0633. The second kappa shape index (κ2) is 6.90. The number of aryl methyl sites for hydroxylation is 1. The fourth-order valence-electron chi connectivity index (χ4n) is 1.87. The second-order valence-corrected chi connectivity index (χ2v) is 6.30. The van der Waals surface area contributed by atoms with Crippen molar-refractivity contribution in [2.75, 3.05) is 27.2 Å². The molecule has 0 atom stereocenters. The Hall–Kier alpha value is -1.33. The third-order valence-corrected chi connectivity index (χ3v) is 2.92. The van der Waals surface area contributed by atoms with Gasteiger partial charge in [0.05, 0.1) is 6.54 Å². The Balaban J connectivity index is 2.71. The van der Waals surface area contributed by atoms with Crippen LogP contribution in [-0.4, -0.2) is 48.4 Å². The summed E-state index contributed by atoms with van der Waals surface area (Å²) >= 11 is 0. The van der Waals surface area contributed by atoms with Crippen LogP contribution in [0.15, 0.2) is 16.5 Å². The summed E-state index contributed by atoms with van der Waals surface area (Å²) in [6.45, 7) is 7.62. The van der Waals surface area contributed by atoms with Crippen molar-refractivity contribution in [3.8, 4) is 0 Å². The molecular weight excluding hydrogens is 254 g/mol. The predicted molar refractivity (Wildman–Crippen MR) is 80.3 cm³/mol. The smallest absolute Gasteiger partial charge is 0.224 e.